The van der Waals surface area contributed by atoms with Crippen molar-refractivity contribution < 1.29 is 0 Å². The molecular formula is C21H17BrN4O2. The molecule has 7 heteroatoms. The Labute approximate surface area is 168 Å². The summed E-state index contributed by atoms with van der Waals surface area (Å²) in [6, 6.07) is 16.8. The molecule has 0 aliphatic rings. The van der Waals surface area contributed by atoms with Gasteiger partial charge < -0.3 is 9.55 Å². The Morgan fingerprint density at radius 1 is 1.04 bits per heavy atom. The SMILES string of the molecule is Cc1cc(C=Nn2c(=O)[nH]c3ccccc3c2=O)c(C)n1-c1ccccc1Br. The van der Waals surface area contributed by atoms with E-state index in [9.17, 15) is 9.59 Å². The Morgan fingerprint density at radius 3 is 2.54 bits per heavy atom. The van der Waals surface area contributed by atoms with Gasteiger partial charge in [0.25, 0.3) is 5.56 Å². The minimum absolute atomic E-state index is 0.415. The van der Waals surface area contributed by atoms with E-state index in [0.717, 1.165) is 31.8 Å². The number of nitrogens with one attached hydrogen (secondary N) is 1. The molecule has 4 rings (SSSR count). The van der Waals surface area contributed by atoms with E-state index in [1.54, 1.807) is 30.5 Å². The summed E-state index contributed by atoms with van der Waals surface area (Å²) in [4.78, 5) is 27.6. The summed E-state index contributed by atoms with van der Waals surface area (Å²) in [5.41, 5.74) is 3.29. The molecule has 0 amide bonds. The topological polar surface area (TPSA) is 72.2 Å². The molecule has 2 aromatic carbocycles. The fourth-order valence-electron chi connectivity index (χ4n) is 3.30. The molecule has 0 bridgehead atoms. The van der Waals surface area contributed by atoms with Gasteiger partial charge in [0.15, 0.2) is 0 Å². The van der Waals surface area contributed by atoms with Crippen LogP contribution in [-0.4, -0.2) is 20.4 Å². The summed E-state index contributed by atoms with van der Waals surface area (Å²) < 4.78 is 3.92. The molecule has 1 N–H and O–H groups in total. The largest absolute Gasteiger partial charge is 0.349 e. The smallest absolute Gasteiger partial charge is 0.317 e. The van der Waals surface area contributed by atoms with Crippen molar-refractivity contribution >= 4 is 33.0 Å². The van der Waals surface area contributed by atoms with E-state index in [2.05, 4.69) is 30.6 Å². The van der Waals surface area contributed by atoms with Crippen LogP contribution < -0.4 is 11.2 Å². The third kappa shape index (κ3) is 3.03. The van der Waals surface area contributed by atoms with Crippen molar-refractivity contribution in [2.75, 3.05) is 0 Å². The molecule has 140 valence electrons. The van der Waals surface area contributed by atoms with Gasteiger partial charge in [-0.3, -0.25) is 4.79 Å². The van der Waals surface area contributed by atoms with Crippen LogP contribution in [0.5, 0.6) is 0 Å². The van der Waals surface area contributed by atoms with E-state index in [1.165, 1.54) is 0 Å². The molecule has 0 radical (unpaired) electrons. The van der Waals surface area contributed by atoms with Gasteiger partial charge in [-0.1, -0.05) is 24.3 Å². The number of para-hydroxylation sites is 2. The van der Waals surface area contributed by atoms with Gasteiger partial charge in [-0.2, -0.15) is 5.10 Å². The average Bonchev–Trinajstić information content (AvgIpc) is 2.95. The van der Waals surface area contributed by atoms with E-state index in [1.807, 2.05) is 44.2 Å². The van der Waals surface area contributed by atoms with Gasteiger partial charge in [0.05, 0.1) is 22.8 Å². The number of halogens is 1. The van der Waals surface area contributed by atoms with Gasteiger partial charge in [-0.15, -0.1) is 4.68 Å². The van der Waals surface area contributed by atoms with Gasteiger partial charge in [0, 0.05) is 21.4 Å². The van der Waals surface area contributed by atoms with Crippen molar-refractivity contribution in [3.63, 3.8) is 0 Å². The van der Waals surface area contributed by atoms with Crippen LogP contribution in [0.25, 0.3) is 16.6 Å². The molecule has 4 aromatic rings. The van der Waals surface area contributed by atoms with Crippen LogP contribution in [0.2, 0.25) is 0 Å². The van der Waals surface area contributed by atoms with Gasteiger partial charge in [-0.05, 0) is 60.1 Å². The van der Waals surface area contributed by atoms with Crippen molar-refractivity contribution in [1.29, 1.82) is 0 Å². The van der Waals surface area contributed by atoms with E-state index in [4.69, 9.17) is 0 Å². The van der Waals surface area contributed by atoms with E-state index in [0.29, 0.717) is 10.9 Å². The molecule has 2 heterocycles. The second kappa shape index (κ2) is 7.09. The number of H-pyrrole nitrogens is 1. The highest BCUT2D eigenvalue weighted by atomic mass is 79.9. The zero-order valence-electron chi connectivity index (χ0n) is 15.3. The highest BCUT2D eigenvalue weighted by Gasteiger charge is 2.12. The Morgan fingerprint density at radius 2 is 1.75 bits per heavy atom. The molecule has 0 aliphatic heterocycles. The molecule has 28 heavy (non-hydrogen) atoms. The Bertz CT molecular complexity index is 1340. The van der Waals surface area contributed by atoms with Crippen LogP contribution >= 0.6 is 15.9 Å². The number of hydrogen-bond acceptors (Lipinski definition) is 3. The van der Waals surface area contributed by atoms with Crippen LogP contribution in [0, 0.1) is 13.8 Å². The van der Waals surface area contributed by atoms with Crippen molar-refractivity contribution in [2.45, 2.75) is 13.8 Å². The third-order valence-electron chi connectivity index (χ3n) is 4.66. The first kappa shape index (κ1) is 18.2. The van der Waals surface area contributed by atoms with Crippen molar-refractivity contribution in [1.82, 2.24) is 14.2 Å². The molecule has 0 atom stereocenters. The number of benzene rings is 2. The monoisotopic (exact) mass is 436 g/mol. The maximum Gasteiger partial charge on any atom is 0.349 e. The summed E-state index contributed by atoms with van der Waals surface area (Å²) in [5, 5.41) is 4.58. The molecular weight excluding hydrogens is 420 g/mol. The highest BCUT2D eigenvalue weighted by Crippen LogP contribution is 2.26. The standard InChI is InChI=1S/C21H17BrN4O2/c1-13-11-15(14(2)25(13)19-10-6-4-8-17(19)22)12-23-26-20(27)16-7-3-5-9-18(16)24-21(26)28/h3-12H,1-2H3,(H,24,28). The summed E-state index contributed by atoms with van der Waals surface area (Å²) in [5.74, 6) is 0. The number of fused-ring (bicyclic) bond motifs is 1. The molecule has 0 aliphatic carbocycles. The number of nitrogens with zero attached hydrogens (tertiary/aromatic N) is 3. The zero-order valence-corrected chi connectivity index (χ0v) is 16.9. The van der Waals surface area contributed by atoms with E-state index in [-0.39, 0.29) is 0 Å². The van der Waals surface area contributed by atoms with Crippen LogP contribution in [0.1, 0.15) is 17.0 Å². The predicted octanol–water partition coefficient (Wildman–Crippen LogP) is 3.74. The van der Waals surface area contributed by atoms with Crippen molar-refractivity contribution in [3.8, 4) is 5.69 Å². The lowest BCUT2D eigenvalue weighted by atomic mass is 10.2. The molecule has 0 saturated heterocycles. The fourth-order valence-corrected chi connectivity index (χ4v) is 3.76. The van der Waals surface area contributed by atoms with Crippen LogP contribution in [0.4, 0.5) is 0 Å². The average molecular weight is 437 g/mol. The number of hydrogen-bond donors (Lipinski definition) is 1. The number of aromatic nitrogens is 3. The maximum absolute atomic E-state index is 12.6. The first-order valence-corrected chi connectivity index (χ1v) is 9.49. The Kier molecular flexibility index (Phi) is 4.60. The van der Waals surface area contributed by atoms with E-state index < -0.39 is 11.2 Å². The number of aromatic amines is 1. The second-order valence-corrected chi connectivity index (χ2v) is 7.30. The van der Waals surface area contributed by atoms with Crippen LogP contribution in [0.3, 0.4) is 0 Å². The summed E-state index contributed by atoms with van der Waals surface area (Å²) in [7, 11) is 0. The fraction of sp³-hybridized carbons (Fsp3) is 0.0952. The molecule has 2 aromatic heterocycles. The first-order valence-electron chi connectivity index (χ1n) is 8.69. The zero-order chi connectivity index (χ0) is 19.8. The van der Waals surface area contributed by atoms with Gasteiger partial charge in [-0.25, -0.2) is 4.79 Å². The lowest BCUT2D eigenvalue weighted by Gasteiger charge is -2.11. The number of rotatable bonds is 3. The summed E-state index contributed by atoms with van der Waals surface area (Å²) >= 11 is 3.58. The van der Waals surface area contributed by atoms with Crippen molar-refractivity contribution in [3.05, 3.63) is 96.9 Å². The highest BCUT2D eigenvalue weighted by molar-refractivity contribution is 9.10. The van der Waals surface area contributed by atoms with Crippen molar-refractivity contribution in [2.24, 2.45) is 5.10 Å². The number of aryl methyl sites for hydroxylation is 1. The minimum atomic E-state index is -0.570. The van der Waals surface area contributed by atoms with Crippen LogP contribution in [-0.2, 0) is 0 Å². The summed E-state index contributed by atoms with van der Waals surface area (Å²) in [6.07, 6.45) is 1.54. The second-order valence-electron chi connectivity index (χ2n) is 6.45. The molecule has 6 nitrogen and oxygen atoms in total. The van der Waals surface area contributed by atoms with Gasteiger partial charge in [0.2, 0.25) is 0 Å². The predicted molar refractivity (Wildman–Crippen MR) is 115 cm³/mol. The summed E-state index contributed by atoms with van der Waals surface area (Å²) in [6.45, 7) is 3.97. The Hall–Kier alpha value is -3.19. The van der Waals surface area contributed by atoms with Gasteiger partial charge >= 0.3 is 5.69 Å². The third-order valence-corrected chi connectivity index (χ3v) is 5.33. The van der Waals surface area contributed by atoms with E-state index >= 15 is 0 Å². The normalized spacial score (nSPS) is 11.5. The molecule has 0 unspecified atom stereocenters. The minimum Gasteiger partial charge on any atom is -0.317 e. The quantitative estimate of drug-likeness (QED) is 0.496. The first-order chi connectivity index (χ1) is 13.5. The molecule has 0 fully saturated rings. The molecule has 0 spiro atoms. The lowest BCUT2D eigenvalue weighted by molar-refractivity contribution is 0.771. The maximum atomic E-state index is 12.6. The Balaban J connectivity index is 1.81. The van der Waals surface area contributed by atoms with Crippen LogP contribution in [0.15, 0.2) is 73.8 Å². The van der Waals surface area contributed by atoms with Gasteiger partial charge in [0.1, 0.15) is 0 Å². The molecule has 0 saturated carbocycles. The lowest BCUT2D eigenvalue weighted by Crippen LogP contribution is -2.32.